The van der Waals surface area contributed by atoms with Crippen molar-refractivity contribution in [1.82, 2.24) is 19.9 Å². The third-order valence-corrected chi connectivity index (χ3v) is 10.2. The number of likely N-dealkylation sites (tertiary alicyclic amines) is 1. The molecule has 1 atom stereocenters. The van der Waals surface area contributed by atoms with E-state index in [1.165, 1.54) is 5.56 Å². The molecule has 1 aromatic heterocycles. The van der Waals surface area contributed by atoms with Crippen LogP contribution in [-0.4, -0.2) is 74.1 Å². The molecule has 11 heteroatoms. The lowest BCUT2D eigenvalue weighted by molar-refractivity contribution is -0.145. The predicted octanol–water partition coefficient (Wildman–Crippen LogP) is 2.17. The molecule has 2 aliphatic heterocycles. The van der Waals surface area contributed by atoms with Crippen LogP contribution in [0.5, 0.6) is 0 Å². The molecule has 5 rings (SSSR count). The number of hydrogen-bond acceptors (Lipinski definition) is 7. The number of sulfonamides is 1. The van der Waals surface area contributed by atoms with E-state index in [4.69, 9.17) is 4.98 Å². The number of carbonyl (C=O) groups excluding carboxylic acids is 1. The third kappa shape index (κ3) is 6.01. The van der Waals surface area contributed by atoms with E-state index in [9.17, 15) is 23.1 Å². The van der Waals surface area contributed by atoms with Crippen molar-refractivity contribution >= 4 is 27.7 Å². The zero-order chi connectivity index (χ0) is 28.7. The lowest BCUT2D eigenvalue weighted by Gasteiger charge is -2.58. The Labute approximate surface area is 236 Å². The number of nitrogens with zero attached hydrogens (tertiary/aromatic N) is 2. The SMILES string of the molecule is Cc1cc(C)c(S(=O)(=O)NC(CNC(=O)C2CC3(C2)CN(CCc2ccc4c(n2)NCCC4)C3)C(=O)O)c(C)c1. The Morgan fingerprint density at radius 1 is 1.18 bits per heavy atom. The molecule has 3 aliphatic rings. The average molecular weight is 570 g/mol. The molecule has 1 aromatic carbocycles. The molecule has 1 saturated heterocycles. The Morgan fingerprint density at radius 3 is 2.55 bits per heavy atom. The van der Waals surface area contributed by atoms with Crippen LogP contribution in [0.1, 0.15) is 47.2 Å². The fourth-order valence-corrected chi connectivity index (χ4v) is 8.28. The number of nitrogens with one attached hydrogen (secondary N) is 3. The fraction of sp³-hybridized carbons (Fsp3) is 0.552. The first-order valence-electron chi connectivity index (χ1n) is 14.0. The van der Waals surface area contributed by atoms with E-state index in [-0.39, 0.29) is 28.7 Å². The minimum atomic E-state index is -4.09. The smallest absolute Gasteiger partial charge is 0.323 e. The van der Waals surface area contributed by atoms with Crippen LogP contribution < -0.4 is 15.4 Å². The molecule has 1 amide bonds. The molecule has 10 nitrogen and oxygen atoms in total. The number of aromatic nitrogens is 1. The Kier molecular flexibility index (Phi) is 7.91. The first-order chi connectivity index (χ1) is 18.9. The summed E-state index contributed by atoms with van der Waals surface area (Å²) in [6.45, 7) is 8.74. The zero-order valence-electron chi connectivity index (χ0n) is 23.4. The second-order valence-corrected chi connectivity index (χ2v) is 13.5. The Hall–Kier alpha value is -3.02. The summed E-state index contributed by atoms with van der Waals surface area (Å²) in [6, 6.07) is 6.33. The van der Waals surface area contributed by atoms with Crippen molar-refractivity contribution in [1.29, 1.82) is 0 Å². The molecule has 216 valence electrons. The fourth-order valence-electron chi connectivity index (χ4n) is 6.63. The van der Waals surface area contributed by atoms with Gasteiger partial charge in [0.2, 0.25) is 15.9 Å². The number of carboxylic acid groups (broad SMARTS) is 1. The molecular weight excluding hydrogens is 530 g/mol. The van der Waals surface area contributed by atoms with E-state index in [2.05, 4.69) is 32.4 Å². The van der Waals surface area contributed by atoms with Crippen LogP contribution in [0.3, 0.4) is 0 Å². The van der Waals surface area contributed by atoms with Crippen LogP contribution in [-0.2, 0) is 32.5 Å². The molecular formula is C29H39N5O5S. The molecule has 40 heavy (non-hydrogen) atoms. The van der Waals surface area contributed by atoms with E-state index < -0.39 is 22.0 Å². The molecule has 4 N–H and O–H groups in total. The summed E-state index contributed by atoms with van der Waals surface area (Å²) in [6.07, 6.45) is 4.65. The summed E-state index contributed by atoms with van der Waals surface area (Å²) in [5, 5.41) is 15.7. The van der Waals surface area contributed by atoms with Crippen molar-refractivity contribution in [2.75, 3.05) is 38.0 Å². The van der Waals surface area contributed by atoms with Crippen molar-refractivity contribution in [2.45, 2.75) is 63.8 Å². The maximum atomic E-state index is 13.0. The minimum absolute atomic E-state index is 0.0743. The van der Waals surface area contributed by atoms with Crippen LogP contribution >= 0.6 is 0 Å². The average Bonchev–Trinajstić information content (AvgIpc) is 2.83. The standard InChI is InChI=1S/C29H39N5O5S/c1-18-11-19(2)25(20(3)12-18)40(38,39)33-24(28(36)37)15-31-27(35)22-13-29(14-22)16-34(17-29)10-8-23-7-6-21-5-4-9-30-26(21)32-23/h6-7,11-12,22,24,33H,4-5,8-10,13-17H2,1-3H3,(H,30,32)(H,31,35)(H,36,37). The number of carbonyl (C=O) groups is 2. The van der Waals surface area contributed by atoms with Crippen molar-refractivity contribution in [3.8, 4) is 0 Å². The summed E-state index contributed by atoms with van der Waals surface area (Å²) >= 11 is 0. The summed E-state index contributed by atoms with van der Waals surface area (Å²) in [7, 11) is -4.09. The molecule has 3 heterocycles. The van der Waals surface area contributed by atoms with Gasteiger partial charge in [-0.3, -0.25) is 9.59 Å². The quantitative estimate of drug-likeness (QED) is 0.341. The second-order valence-electron chi connectivity index (χ2n) is 11.9. The second kappa shape index (κ2) is 11.1. The molecule has 0 radical (unpaired) electrons. The summed E-state index contributed by atoms with van der Waals surface area (Å²) in [4.78, 5) is 31.8. The number of benzene rings is 1. The Balaban J connectivity index is 1.07. The van der Waals surface area contributed by atoms with Crippen molar-refractivity contribution in [3.63, 3.8) is 0 Å². The molecule has 2 fully saturated rings. The van der Waals surface area contributed by atoms with Crippen LogP contribution in [0, 0.1) is 32.1 Å². The van der Waals surface area contributed by atoms with Gasteiger partial charge in [-0.2, -0.15) is 4.72 Å². The van der Waals surface area contributed by atoms with E-state index in [1.807, 2.05) is 6.92 Å². The number of amides is 1. The molecule has 1 unspecified atom stereocenters. The van der Waals surface area contributed by atoms with E-state index in [1.54, 1.807) is 26.0 Å². The van der Waals surface area contributed by atoms with E-state index in [0.29, 0.717) is 11.1 Å². The number of carboxylic acids is 1. The lowest BCUT2D eigenvalue weighted by atomic mass is 9.57. The molecule has 1 aliphatic carbocycles. The minimum Gasteiger partial charge on any atom is -0.480 e. The van der Waals surface area contributed by atoms with E-state index >= 15 is 0 Å². The van der Waals surface area contributed by atoms with Gasteiger partial charge in [-0.05, 0) is 74.6 Å². The number of pyridine rings is 1. The largest absolute Gasteiger partial charge is 0.480 e. The van der Waals surface area contributed by atoms with Gasteiger partial charge in [0.1, 0.15) is 11.9 Å². The maximum absolute atomic E-state index is 13.0. The van der Waals surface area contributed by atoms with Gasteiger partial charge in [0, 0.05) is 50.8 Å². The van der Waals surface area contributed by atoms with Crippen LogP contribution in [0.15, 0.2) is 29.2 Å². The molecule has 2 aromatic rings. The number of anilines is 1. The number of hydrogen-bond donors (Lipinski definition) is 4. The lowest BCUT2D eigenvalue weighted by Crippen LogP contribution is -2.64. The van der Waals surface area contributed by atoms with Crippen LogP contribution in [0.4, 0.5) is 5.82 Å². The van der Waals surface area contributed by atoms with Crippen LogP contribution in [0.25, 0.3) is 0 Å². The summed E-state index contributed by atoms with van der Waals surface area (Å²) < 4.78 is 28.3. The van der Waals surface area contributed by atoms with Gasteiger partial charge in [0.15, 0.2) is 0 Å². The van der Waals surface area contributed by atoms with Crippen molar-refractivity contribution in [3.05, 3.63) is 52.2 Å². The summed E-state index contributed by atoms with van der Waals surface area (Å²) in [5.74, 6) is -0.712. The highest BCUT2D eigenvalue weighted by Gasteiger charge is 2.54. The number of aryl methyl sites for hydroxylation is 4. The van der Waals surface area contributed by atoms with Gasteiger partial charge in [-0.1, -0.05) is 23.8 Å². The maximum Gasteiger partial charge on any atom is 0.323 e. The normalized spacial score (nSPS) is 19.2. The Bertz CT molecular complexity index is 1390. The monoisotopic (exact) mass is 569 g/mol. The number of aliphatic carboxylic acids is 1. The van der Waals surface area contributed by atoms with Gasteiger partial charge in [0.05, 0.1) is 4.90 Å². The van der Waals surface area contributed by atoms with Gasteiger partial charge >= 0.3 is 5.97 Å². The molecule has 1 saturated carbocycles. The topological polar surface area (TPSA) is 141 Å². The number of rotatable bonds is 10. The predicted molar refractivity (Wildman–Crippen MR) is 152 cm³/mol. The highest BCUT2D eigenvalue weighted by molar-refractivity contribution is 7.89. The van der Waals surface area contributed by atoms with Crippen molar-refractivity contribution in [2.24, 2.45) is 11.3 Å². The van der Waals surface area contributed by atoms with Crippen molar-refractivity contribution < 1.29 is 23.1 Å². The molecule has 0 bridgehead atoms. The first kappa shape index (κ1) is 28.5. The highest BCUT2D eigenvalue weighted by Crippen LogP contribution is 2.51. The van der Waals surface area contributed by atoms with Gasteiger partial charge in [0.25, 0.3) is 0 Å². The third-order valence-electron chi connectivity index (χ3n) is 8.43. The summed E-state index contributed by atoms with van der Waals surface area (Å²) in [5.41, 5.74) is 4.55. The highest BCUT2D eigenvalue weighted by atomic mass is 32.2. The zero-order valence-corrected chi connectivity index (χ0v) is 24.2. The van der Waals surface area contributed by atoms with Gasteiger partial charge in [-0.15, -0.1) is 0 Å². The van der Waals surface area contributed by atoms with Gasteiger partial charge in [-0.25, -0.2) is 13.4 Å². The van der Waals surface area contributed by atoms with Crippen LogP contribution in [0.2, 0.25) is 0 Å². The Morgan fingerprint density at radius 2 is 1.88 bits per heavy atom. The number of fused-ring (bicyclic) bond motifs is 1. The van der Waals surface area contributed by atoms with Gasteiger partial charge < -0.3 is 20.6 Å². The first-order valence-corrected chi connectivity index (χ1v) is 15.5. The van der Waals surface area contributed by atoms with E-state index in [0.717, 1.165) is 75.4 Å². The molecule has 1 spiro atoms.